The molecule has 0 amide bonds. The molecule has 0 bridgehead atoms. The Morgan fingerprint density at radius 1 is 1.04 bits per heavy atom. The molecule has 0 unspecified atom stereocenters. The van der Waals surface area contributed by atoms with Crippen LogP contribution in [-0.2, 0) is 0 Å². The Hall–Kier alpha value is -2.63. The van der Waals surface area contributed by atoms with Gasteiger partial charge >= 0.3 is 0 Å². The maximum atomic E-state index is 12.0. The molecule has 132 valence electrons. The fourth-order valence-corrected chi connectivity index (χ4v) is 3.56. The van der Waals surface area contributed by atoms with E-state index in [9.17, 15) is 9.90 Å². The monoisotopic (exact) mass is 367 g/mol. The van der Waals surface area contributed by atoms with E-state index in [1.807, 2.05) is 36.4 Å². The van der Waals surface area contributed by atoms with Crippen LogP contribution in [-0.4, -0.2) is 27.3 Å². The molecule has 1 aliphatic heterocycles. The fraction of sp³-hybridized carbons (Fsp3) is 0.200. The number of anilines is 1. The van der Waals surface area contributed by atoms with Crippen molar-refractivity contribution in [2.75, 3.05) is 11.4 Å². The van der Waals surface area contributed by atoms with Crippen LogP contribution in [0.4, 0.5) is 5.69 Å². The van der Waals surface area contributed by atoms with Crippen molar-refractivity contribution in [1.29, 1.82) is 0 Å². The molecule has 0 saturated carbocycles. The van der Waals surface area contributed by atoms with Gasteiger partial charge in [0.15, 0.2) is 0 Å². The van der Waals surface area contributed by atoms with Crippen molar-refractivity contribution in [3.05, 3.63) is 88.1 Å². The molecule has 3 aromatic rings. The highest BCUT2D eigenvalue weighted by molar-refractivity contribution is 6.29. The molecule has 1 N–H and O–H groups in total. The van der Waals surface area contributed by atoms with Gasteiger partial charge in [0, 0.05) is 24.5 Å². The molecule has 0 spiro atoms. The molecule has 3 heterocycles. The topological polar surface area (TPSA) is 58.4 Å². The lowest BCUT2D eigenvalue weighted by Crippen LogP contribution is -2.24. The Bertz CT molecular complexity index is 954. The summed E-state index contributed by atoms with van der Waals surface area (Å²) in [6.45, 7) is 0.549. The molecule has 1 fully saturated rings. The van der Waals surface area contributed by atoms with E-state index >= 15 is 0 Å². The second-order valence-electron chi connectivity index (χ2n) is 6.40. The van der Waals surface area contributed by atoms with Crippen molar-refractivity contribution in [2.24, 2.45) is 0 Å². The van der Waals surface area contributed by atoms with Gasteiger partial charge in [0.2, 0.25) is 0 Å². The lowest BCUT2D eigenvalue weighted by Gasteiger charge is -2.26. The molecule has 2 aromatic heterocycles. The van der Waals surface area contributed by atoms with Crippen molar-refractivity contribution < 1.29 is 5.11 Å². The summed E-state index contributed by atoms with van der Waals surface area (Å²) in [7, 11) is 0. The molecular weight excluding hydrogens is 350 g/mol. The smallest absolute Gasteiger partial charge is 0.255 e. The molecule has 2 atom stereocenters. The highest BCUT2D eigenvalue weighted by Crippen LogP contribution is 2.36. The van der Waals surface area contributed by atoms with Crippen molar-refractivity contribution in [1.82, 2.24) is 9.55 Å². The first-order valence-corrected chi connectivity index (χ1v) is 8.84. The second kappa shape index (κ2) is 6.94. The van der Waals surface area contributed by atoms with E-state index in [0.29, 0.717) is 18.1 Å². The Kier molecular flexibility index (Phi) is 4.49. The molecular formula is C20H18ClN3O2. The van der Waals surface area contributed by atoms with E-state index < -0.39 is 6.10 Å². The van der Waals surface area contributed by atoms with Crippen LogP contribution >= 0.6 is 11.6 Å². The van der Waals surface area contributed by atoms with Gasteiger partial charge in [-0.05, 0) is 42.3 Å². The summed E-state index contributed by atoms with van der Waals surface area (Å²) >= 11 is 5.88. The molecule has 6 heteroatoms. The zero-order valence-corrected chi connectivity index (χ0v) is 14.8. The summed E-state index contributed by atoms with van der Waals surface area (Å²) in [5, 5.41) is 10.6. The number of aromatic nitrogens is 2. The van der Waals surface area contributed by atoms with Crippen LogP contribution in [0.2, 0.25) is 5.15 Å². The molecule has 26 heavy (non-hydrogen) atoms. The summed E-state index contributed by atoms with van der Waals surface area (Å²) in [6.07, 6.45) is 3.73. The summed E-state index contributed by atoms with van der Waals surface area (Å²) in [5.41, 5.74) is 2.77. The first-order valence-electron chi connectivity index (χ1n) is 8.46. The number of β-amino-alcohol motifs (C(OH)–C–C–N with tert-alkyl or cyclic N) is 1. The number of halogens is 1. The highest BCUT2D eigenvalue weighted by atomic mass is 35.5. The largest absolute Gasteiger partial charge is 0.391 e. The predicted octanol–water partition coefficient (Wildman–Crippen LogP) is 3.20. The first-order chi connectivity index (χ1) is 12.6. The van der Waals surface area contributed by atoms with Crippen LogP contribution in [0.15, 0.2) is 71.8 Å². The van der Waals surface area contributed by atoms with Gasteiger partial charge < -0.3 is 10.0 Å². The van der Waals surface area contributed by atoms with Gasteiger partial charge in [-0.25, -0.2) is 4.98 Å². The summed E-state index contributed by atoms with van der Waals surface area (Å²) in [6, 6.07) is 16.7. The van der Waals surface area contributed by atoms with Gasteiger partial charge in [-0.1, -0.05) is 29.8 Å². The van der Waals surface area contributed by atoms with E-state index in [2.05, 4.69) is 9.88 Å². The van der Waals surface area contributed by atoms with Crippen molar-refractivity contribution in [3.8, 4) is 5.69 Å². The number of aliphatic hydroxyl groups is 1. The van der Waals surface area contributed by atoms with Gasteiger partial charge in [0.25, 0.3) is 5.56 Å². The number of aliphatic hydroxyl groups excluding tert-OH is 1. The third-order valence-electron chi connectivity index (χ3n) is 4.70. The number of benzene rings is 1. The number of rotatable bonds is 3. The zero-order chi connectivity index (χ0) is 18.1. The van der Waals surface area contributed by atoms with Crippen LogP contribution in [0.1, 0.15) is 18.0 Å². The third-order valence-corrected chi connectivity index (χ3v) is 4.92. The Morgan fingerprint density at radius 3 is 2.50 bits per heavy atom. The second-order valence-corrected chi connectivity index (χ2v) is 6.78. The molecule has 5 nitrogen and oxygen atoms in total. The van der Waals surface area contributed by atoms with E-state index in [1.54, 1.807) is 29.1 Å². The molecule has 1 aliphatic rings. The molecule has 0 radical (unpaired) electrons. The van der Waals surface area contributed by atoms with E-state index in [0.717, 1.165) is 16.9 Å². The first kappa shape index (κ1) is 16.8. The number of hydrogen-bond acceptors (Lipinski definition) is 4. The quantitative estimate of drug-likeness (QED) is 0.722. The normalized spacial score (nSPS) is 19.7. The molecule has 0 aliphatic carbocycles. The van der Waals surface area contributed by atoms with Crippen molar-refractivity contribution >= 4 is 17.3 Å². The zero-order valence-electron chi connectivity index (χ0n) is 14.0. The van der Waals surface area contributed by atoms with Crippen LogP contribution in [0.3, 0.4) is 0 Å². The van der Waals surface area contributed by atoms with E-state index in [-0.39, 0.29) is 11.6 Å². The SMILES string of the molecule is O=c1ccccn1-c1ccc([C@H]2C[C@@H](O)CN2c2ccc(Cl)nc2)cc1. The Balaban J connectivity index is 1.64. The number of pyridine rings is 2. The minimum atomic E-state index is -0.396. The van der Waals surface area contributed by atoms with Gasteiger partial charge in [-0.3, -0.25) is 9.36 Å². The van der Waals surface area contributed by atoms with Gasteiger partial charge in [0.1, 0.15) is 5.15 Å². The standard InChI is InChI=1S/C20H18ClN3O2/c21-19-9-8-16(12-22-19)24-13-17(25)11-18(24)14-4-6-15(7-5-14)23-10-2-1-3-20(23)26/h1-10,12,17-18,25H,11,13H2/t17-,18-/m1/s1. The minimum Gasteiger partial charge on any atom is -0.391 e. The number of nitrogens with zero attached hydrogens (tertiary/aromatic N) is 3. The van der Waals surface area contributed by atoms with Crippen LogP contribution in [0.25, 0.3) is 5.69 Å². The Labute approximate surface area is 156 Å². The van der Waals surface area contributed by atoms with Crippen LogP contribution < -0.4 is 10.5 Å². The highest BCUT2D eigenvalue weighted by Gasteiger charge is 2.32. The average molecular weight is 368 g/mol. The molecule has 4 rings (SSSR count). The minimum absolute atomic E-state index is 0.0505. The third kappa shape index (κ3) is 3.23. The lowest BCUT2D eigenvalue weighted by atomic mass is 10.0. The predicted molar refractivity (Wildman–Crippen MR) is 102 cm³/mol. The summed E-state index contributed by atoms with van der Waals surface area (Å²) in [4.78, 5) is 18.3. The van der Waals surface area contributed by atoms with Crippen LogP contribution in [0.5, 0.6) is 0 Å². The summed E-state index contributed by atoms with van der Waals surface area (Å²) in [5.74, 6) is 0. The van der Waals surface area contributed by atoms with E-state index in [4.69, 9.17) is 11.6 Å². The van der Waals surface area contributed by atoms with E-state index in [1.165, 1.54) is 6.07 Å². The lowest BCUT2D eigenvalue weighted by molar-refractivity contribution is 0.194. The maximum Gasteiger partial charge on any atom is 0.255 e. The molecule has 1 saturated heterocycles. The average Bonchev–Trinajstić information content (AvgIpc) is 3.05. The van der Waals surface area contributed by atoms with Crippen molar-refractivity contribution in [3.63, 3.8) is 0 Å². The maximum absolute atomic E-state index is 12.0. The van der Waals surface area contributed by atoms with Crippen molar-refractivity contribution in [2.45, 2.75) is 18.6 Å². The van der Waals surface area contributed by atoms with Gasteiger partial charge in [0.05, 0.1) is 24.0 Å². The Morgan fingerprint density at radius 2 is 1.81 bits per heavy atom. The molecule has 1 aromatic carbocycles. The van der Waals surface area contributed by atoms with Crippen LogP contribution in [0, 0.1) is 0 Å². The van der Waals surface area contributed by atoms with Gasteiger partial charge in [-0.2, -0.15) is 0 Å². The fourth-order valence-electron chi connectivity index (χ4n) is 3.45. The summed E-state index contributed by atoms with van der Waals surface area (Å²) < 4.78 is 1.61. The number of hydrogen-bond donors (Lipinski definition) is 1. The van der Waals surface area contributed by atoms with Gasteiger partial charge in [-0.15, -0.1) is 0 Å².